The number of carbonyl (C=O) groups excluding carboxylic acids is 1. The summed E-state index contributed by atoms with van der Waals surface area (Å²) < 4.78 is 5.18. The van der Waals surface area contributed by atoms with E-state index < -0.39 is 5.41 Å². The van der Waals surface area contributed by atoms with Crippen molar-refractivity contribution in [2.75, 3.05) is 44.8 Å². The number of anilines is 1. The molecule has 1 spiro atoms. The van der Waals surface area contributed by atoms with Gasteiger partial charge in [0.2, 0.25) is 11.9 Å². The standard InChI is InChI=1S/C20H24N4O2/c1-26-13-12-23-11-8-20(18(23)25)15-24(19-21-9-5-10-22-19)14-17(20)16-6-3-2-4-7-16/h2-7,9-10,17H,8,11-15H2,1H3/t17-,20+/m1/s1. The Morgan fingerprint density at radius 2 is 1.96 bits per heavy atom. The molecule has 1 aromatic carbocycles. The number of methoxy groups -OCH3 is 1. The molecule has 2 aliphatic heterocycles. The van der Waals surface area contributed by atoms with Gasteiger partial charge in [0.15, 0.2) is 0 Å². The lowest BCUT2D eigenvalue weighted by molar-refractivity contribution is -0.136. The van der Waals surface area contributed by atoms with E-state index in [-0.39, 0.29) is 11.8 Å². The number of amides is 1. The first-order valence-corrected chi connectivity index (χ1v) is 9.10. The van der Waals surface area contributed by atoms with Crippen LogP contribution in [-0.2, 0) is 9.53 Å². The monoisotopic (exact) mass is 352 g/mol. The minimum absolute atomic E-state index is 0.146. The van der Waals surface area contributed by atoms with Crippen molar-refractivity contribution in [3.8, 4) is 0 Å². The van der Waals surface area contributed by atoms with E-state index in [0.717, 1.165) is 19.5 Å². The first-order valence-electron chi connectivity index (χ1n) is 9.10. The van der Waals surface area contributed by atoms with Gasteiger partial charge < -0.3 is 14.5 Å². The molecule has 3 heterocycles. The van der Waals surface area contributed by atoms with Gasteiger partial charge in [0.1, 0.15) is 0 Å². The second kappa shape index (κ2) is 7.03. The molecule has 0 radical (unpaired) electrons. The minimum atomic E-state index is -0.408. The first kappa shape index (κ1) is 17.0. The third-order valence-electron chi connectivity index (χ3n) is 5.69. The van der Waals surface area contributed by atoms with Gasteiger partial charge in [0.25, 0.3) is 0 Å². The molecular weight excluding hydrogens is 328 g/mol. The fourth-order valence-electron chi connectivity index (χ4n) is 4.37. The van der Waals surface area contributed by atoms with Gasteiger partial charge in [-0.05, 0) is 18.1 Å². The Kier molecular flexibility index (Phi) is 4.59. The number of hydrogen-bond donors (Lipinski definition) is 0. The van der Waals surface area contributed by atoms with Crippen LogP contribution in [0.3, 0.4) is 0 Å². The summed E-state index contributed by atoms with van der Waals surface area (Å²) >= 11 is 0. The number of ether oxygens (including phenoxy) is 1. The lowest BCUT2D eigenvalue weighted by atomic mass is 9.73. The number of likely N-dealkylation sites (tertiary alicyclic amines) is 1. The van der Waals surface area contributed by atoms with Crippen LogP contribution in [-0.4, -0.2) is 60.7 Å². The molecule has 2 atom stereocenters. The van der Waals surface area contributed by atoms with Crippen molar-refractivity contribution < 1.29 is 9.53 Å². The number of nitrogens with zero attached hydrogens (tertiary/aromatic N) is 4. The normalized spacial score (nSPS) is 25.4. The Morgan fingerprint density at radius 3 is 2.69 bits per heavy atom. The van der Waals surface area contributed by atoms with Crippen LogP contribution in [0.25, 0.3) is 0 Å². The fraction of sp³-hybridized carbons (Fsp3) is 0.450. The maximum Gasteiger partial charge on any atom is 0.231 e. The maximum absolute atomic E-state index is 13.4. The molecule has 0 N–H and O–H groups in total. The lowest BCUT2D eigenvalue weighted by Crippen LogP contribution is -2.40. The van der Waals surface area contributed by atoms with Crippen LogP contribution in [0.4, 0.5) is 5.95 Å². The molecule has 2 aliphatic rings. The second-order valence-corrected chi connectivity index (χ2v) is 7.08. The molecule has 0 saturated carbocycles. The molecule has 0 unspecified atom stereocenters. The van der Waals surface area contributed by atoms with Crippen LogP contribution in [0.1, 0.15) is 17.9 Å². The quantitative estimate of drug-likeness (QED) is 0.823. The first-order chi connectivity index (χ1) is 12.7. The van der Waals surface area contributed by atoms with Gasteiger partial charge in [-0.2, -0.15) is 0 Å². The van der Waals surface area contributed by atoms with Gasteiger partial charge in [0.05, 0.1) is 12.0 Å². The molecule has 2 saturated heterocycles. The molecule has 6 nitrogen and oxygen atoms in total. The summed E-state index contributed by atoms with van der Waals surface area (Å²) in [7, 11) is 1.67. The maximum atomic E-state index is 13.4. The summed E-state index contributed by atoms with van der Waals surface area (Å²) in [6.45, 7) is 3.44. The molecule has 2 aromatic rings. The average Bonchev–Trinajstić information content (AvgIpc) is 3.24. The molecule has 0 aliphatic carbocycles. The predicted molar refractivity (Wildman–Crippen MR) is 98.9 cm³/mol. The molecule has 4 rings (SSSR count). The number of aromatic nitrogens is 2. The summed E-state index contributed by atoms with van der Waals surface area (Å²) in [5, 5.41) is 0. The average molecular weight is 352 g/mol. The Bertz CT molecular complexity index is 755. The Balaban J connectivity index is 1.67. The van der Waals surface area contributed by atoms with E-state index in [1.54, 1.807) is 19.5 Å². The predicted octanol–water partition coefficient (Wildman–Crippen LogP) is 1.95. The van der Waals surface area contributed by atoms with E-state index >= 15 is 0 Å². The van der Waals surface area contributed by atoms with Crippen LogP contribution >= 0.6 is 0 Å². The highest BCUT2D eigenvalue weighted by molar-refractivity contribution is 5.87. The van der Waals surface area contributed by atoms with E-state index in [1.165, 1.54) is 5.56 Å². The van der Waals surface area contributed by atoms with Crippen LogP contribution in [0, 0.1) is 5.41 Å². The van der Waals surface area contributed by atoms with Gasteiger partial charge in [-0.25, -0.2) is 9.97 Å². The number of rotatable bonds is 5. The summed E-state index contributed by atoms with van der Waals surface area (Å²) in [6, 6.07) is 12.2. The summed E-state index contributed by atoms with van der Waals surface area (Å²) in [6.07, 6.45) is 4.37. The van der Waals surface area contributed by atoms with Crippen LogP contribution < -0.4 is 4.90 Å². The molecule has 0 bridgehead atoms. The Morgan fingerprint density at radius 1 is 1.19 bits per heavy atom. The molecule has 136 valence electrons. The van der Waals surface area contributed by atoms with Gasteiger partial charge in [-0.3, -0.25) is 4.79 Å². The van der Waals surface area contributed by atoms with Crippen molar-refractivity contribution >= 4 is 11.9 Å². The van der Waals surface area contributed by atoms with Gasteiger partial charge in [-0.15, -0.1) is 0 Å². The summed E-state index contributed by atoms with van der Waals surface area (Å²) in [4.78, 5) is 26.3. The zero-order chi connectivity index (χ0) is 18.0. The second-order valence-electron chi connectivity index (χ2n) is 7.08. The molecular formula is C20H24N4O2. The number of carbonyl (C=O) groups is 1. The minimum Gasteiger partial charge on any atom is -0.383 e. The van der Waals surface area contributed by atoms with Crippen molar-refractivity contribution in [1.82, 2.24) is 14.9 Å². The van der Waals surface area contributed by atoms with E-state index in [9.17, 15) is 4.79 Å². The topological polar surface area (TPSA) is 58.6 Å². The third-order valence-corrected chi connectivity index (χ3v) is 5.69. The summed E-state index contributed by atoms with van der Waals surface area (Å²) in [5.74, 6) is 1.09. The highest BCUT2D eigenvalue weighted by atomic mass is 16.5. The van der Waals surface area contributed by atoms with E-state index in [1.807, 2.05) is 29.2 Å². The largest absolute Gasteiger partial charge is 0.383 e. The molecule has 26 heavy (non-hydrogen) atoms. The van der Waals surface area contributed by atoms with Crippen molar-refractivity contribution in [3.05, 3.63) is 54.4 Å². The van der Waals surface area contributed by atoms with Crippen molar-refractivity contribution in [2.45, 2.75) is 12.3 Å². The highest BCUT2D eigenvalue weighted by Crippen LogP contribution is 2.50. The van der Waals surface area contributed by atoms with E-state index in [0.29, 0.717) is 25.6 Å². The smallest absolute Gasteiger partial charge is 0.231 e. The van der Waals surface area contributed by atoms with Gasteiger partial charge >= 0.3 is 0 Å². The fourth-order valence-corrected chi connectivity index (χ4v) is 4.37. The van der Waals surface area contributed by atoms with Gasteiger partial charge in [-0.1, -0.05) is 30.3 Å². The Labute approximate surface area is 153 Å². The van der Waals surface area contributed by atoms with Crippen LogP contribution in [0.15, 0.2) is 48.8 Å². The molecule has 1 amide bonds. The molecule has 6 heteroatoms. The van der Waals surface area contributed by atoms with Crippen molar-refractivity contribution in [1.29, 1.82) is 0 Å². The van der Waals surface area contributed by atoms with Crippen LogP contribution in [0.5, 0.6) is 0 Å². The van der Waals surface area contributed by atoms with E-state index in [2.05, 4.69) is 27.0 Å². The molecule has 1 aromatic heterocycles. The van der Waals surface area contributed by atoms with Gasteiger partial charge in [0, 0.05) is 51.6 Å². The summed E-state index contributed by atoms with van der Waals surface area (Å²) in [5.41, 5.74) is 0.807. The number of hydrogen-bond acceptors (Lipinski definition) is 5. The van der Waals surface area contributed by atoms with Crippen molar-refractivity contribution in [3.63, 3.8) is 0 Å². The molecule has 2 fully saturated rings. The highest BCUT2D eigenvalue weighted by Gasteiger charge is 2.57. The lowest BCUT2D eigenvalue weighted by Gasteiger charge is -2.29. The van der Waals surface area contributed by atoms with E-state index in [4.69, 9.17) is 4.74 Å². The Hall–Kier alpha value is -2.47. The van der Waals surface area contributed by atoms with Crippen LogP contribution in [0.2, 0.25) is 0 Å². The SMILES string of the molecule is COCCN1CC[C@@]2(CN(c3ncccn3)C[C@@H]2c2ccccc2)C1=O. The zero-order valence-corrected chi connectivity index (χ0v) is 15.0. The van der Waals surface area contributed by atoms with Crippen molar-refractivity contribution in [2.24, 2.45) is 5.41 Å². The zero-order valence-electron chi connectivity index (χ0n) is 15.0. The third kappa shape index (κ3) is 2.84. The number of benzene rings is 1.